The number of nitrogens with two attached hydrogens (primary N) is 1. The van der Waals surface area contributed by atoms with E-state index >= 15 is 0 Å². The van der Waals surface area contributed by atoms with Crippen molar-refractivity contribution in [1.29, 1.82) is 0 Å². The lowest BCUT2D eigenvalue weighted by atomic mass is 10.2. The van der Waals surface area contributed by atoms with Crippen LogP contribution in [0.4, 0.5) is 0 Å². The van der Waals surface area contributed by atoms with Crippen molar-refractivity contribution in [3.63, 3.8) is 0 Å². The first-order valence-corrected chi connectivity index (χ1v) is 3.79. The lowest BCUT2D eigenvalue weighted by molar-refractivity contribution is -0.151. The monoisotopic (exact) mass is 183 g/mol. The van der Waals surface area contributed by atoms with Gasteiger partial charge in [-0.2, -0.15) is 0 Å². The van der Waals surface area contributed by atoms with Gasteiger partial charge in [-0.3, -0.25) is 0 Å². The highest BCUT2D eigenvalue weighted by Gasteiger charge is 2.25. The van der Waals surface area contributed by atoms with E-state index in [9.17, 15) is 9.59 Å². The molecule has 0 aromatic rings. The van der Waals surface area contributed by atoms with E-state index in [1.807, 2.05) is 0 Å². The third-order valence-corrected chi connectivity index (χ3v) is 1.53. The van der Waals surface area contributed by atoms with Crippen molar-refractivity contribution in [3.8, 4) is 0 Å². The normalized spacial score (nSPS) is 15.0. The van der Waals surface area contributed by atoms with Crippen LogP contribution < -0.4 is 5.73 Å². The fraction of sp³-hybridized carbons (Fsp3) is 0.333. The molecule has 0 unspecified atom stereocenters. The Morgan fingerprint density at radius 3 is 1.69 bits per heavy atom. The summed E-state index contributed by atoms with van der Waals surface area (Å²) in [4.78, 5) is 21.0. The number of rotatable bonds is 1. The average molecular weight is 183 g/mol. The van der Waals surface area contributed by atoms with E-state index in [4.69, 9.17) is 5.73 Å². The molecule has 1 aliphatic heterocycles. The second-order valence-electron chi connectivity index (χ2n) is 2.45. The fourth-order valence-electron chi connectivity index (χ4n) is 0.543. The van der Waals surface area contributed by atoms with Crippen LogP contribution in [0.15, 0.2) is 23.8 Å². The predicted octanol–water partition coefficient (Wildman–Crippen LogP) is 0.537. The van der Waals surface area contributed by atoms with Gasteiger partial charge in [-0.15, -0.1) is 6.58 Å². The first-order valence-electron chi connectivity index (χ1n) is 3.79. The Bertz CT molecular complexity index is 244. The summed E-state index contributed by atoms with van der Waals surface area (Å²) in [5, 5.41) is 0. The van der Waals surface area contributed by atoms with Gasteiger partial charge in [0.25, 0.3) is 0 Å². The van der Waals surface area contributed by atoms with Crippen LogP contribution >= 0.6 is 0 Å². The second kappa shape index (κ2) is 5.27. The van der Waals surface area contributed by atoms with Crippen molar-refractivity contribution >= 4 is 11.9 Å². The van der Waals surface area contributed by atoms with Crippen LogP contribution in [-0.2, 0) is 14.3 Å². The minimum Gasteiger partial charge on any atom is -0.386 e. The van der Waals surface area contributed by atoms with Crippen LogP contribution in [0.5, 0.6) is 0 Å². The van der Waals surface area contributed by atoms with Gasteiger partial charge in [0.15, 0.2) is 0 Å². The van der Waals surface area contributed by atoms with Crippen molar-refractivity contribution in [2.24, 2.45) is 5.73 Å². The average Bonchev–Trinajstić information content (AvgIpc) is 2.34. The third kappa shape index (κ3) is 3.21. The number of carbonyl (C=O) groups excluding carboxylic acids is 2. The van der Waals surface area contributed by atoms with Crippen LogP contribution in [0.2, 0.25) is 0 Å². The smallest absolute Gasteiger partial charge is 0.342 e. The molecule has 0 amide bonds. The van der Waals surface area contributed by atoms with E-state index in [2.05, 4.69) is 11.3 Å². The molecule has 1 rings (SSSR count). The molecule has 4 heteroatoms. The molecule has 0 radical (unpaired) electrons. The quantitative estimate of drug-likeness (QED) is 0.366. The molecular formula is C9H13NO3. The summed E-state index contributed by atoms with van der Waals surface area (Å²) in [5.74, 6) is -1.03. The number of cyclic esters (lactones) is 2. The molecule has 0 aliphatic carbocycles. The molecule has 2 N–H and O–H groups in total. The Kier molecular flexibility index (Phi) is 4.69. The molecule has 0 saturated heterocycles. The van der Waals surface area contributed by atoms with E-state index in [1.54, 1.807) is 19.9 Å². The Hall–Kier alpha value is -1.42. The highest BCUT2D eigenvalue weighted by Crippen LogP contribution is 2.14. The summed E-state index contributed by atoms with van der Waals surface area (Å²) in [6.45, 7) is 7.08. The molecule has 1 aliphatic rings. The van der Waals surface area contributed by atoms with Crippen molar-refractivity contribution in [3.05, 3.63) is 23.8 Å². The summed E-state index contributed by atoms with van der Waals surface area (Å²) >= 11 is 0. The molecule has 0 aromatic carbocycles. The van der Waals surface area contributed by atoms with Gasteiger partial charge in [0.2, 0.25) is 0 Å². The van der Waals surface area contributed by atoms with Crippen LogP contribution in [0.3, 0.4) is 0 Å². The molecule has 0 aromatic heterocycles. The summed E-state index contributed by atoms with van der Waals surface area (Å²) in [6, 6.07) is 0. The predicted molar refractivity (Wildman–Crippen MR) is 48.7 cm³/mol. The van der Waals surface area contributed by atoms with E-state index in [0.717, 1.165) is 0 Å². The number of hydrogen-bond acceptors (Lipinski definition) is 4. The maximum Gasteiger partial charge on any atom is 0.342 e. The number of ether oxygens (including phenoxy) is 1. The van der Waals surface area contributed by atoms with Crippen LogP contribution in [0.25, 0.3) is 0 Å². The molecule has 0 saturated carbocycles. The van der Waals surface area contributed by atoms with Crippen molar-refractivity contribution in [2.45, 2.75) is 13.8 Å². The number of carbonyl (C=O) groups is 2. The maximum absolute atomic E-state index is 10.5. The molecule has 1 heterocycles. The van der Waals surface area contributed by atoms with Crippen molar-refractivity contribution in [1.82, 2.24) is 0 Å². The van der Waals surface area contributed by atoms with Gasteiger partial charge in [0.1, 0.15) is 0 Å². The molecule has 0 fully saturated rings. The number of esters is 2. The molecule has 13 heavy (non-hydrogen) atoms. The van der Waals surface area contributed by atoms with Crippen LogP contribution in [-0.4, -0.2) is 18.5 Å². The van der Waals surface area contributed by atoms with Gasteiger partial charge >= 0.3 is 11.9 Å². The Morgan fingerprint density at radius 1 is 1.31 bits per heavy atom. The lowest BCUT2D eigenvalue weighted by Crippen LogP contribution is -2.00. The SMILES string of the molecule is C=CCN.CC1=C(C)C(=O)OC1=O. The van der Waals surface area contributed by atoms with E-state index in [-0.39, 0.29) is 0 Å². The first-order chi connectivity index (χ1) is 6.04. The fourth-order valence-corrected chi connectivity index (χ4v) is 0.543. The van der Waals surface area contributed by atoms with E-state index in [1.165, 1.54) is 0 Å². The molecule has 4 nitrogen and oxygen atoms in total. The van der Waals surface area contributed by atoms with Gasteiger partial charge in [0, 0.05) is 17.7 Å². The zero-order chi connectivity index (χ0) is 10.4. The molecule has 0 spiro atoms. The molecular weight excluding hydrogens is 170 g/mol. The summed E-state index contributed by atoms with van der Waals surface area (Å²) in [7, 11) is 0. The van der Waals surface area contributed by atoms with E-state index in [0.29, 0.717) is 17.7 Å². The first kappa shape index (κ1) is 11.6. The zero-order valence-corrected chi connectivity index (χ0v) is 7.79. The topological polar surface area (TPSA) is 69.4 Å². The number of hydrogen-bond donors (Lipinski definition) is 1. The Balaban J connectivity index is 0.000000310. The van der Waals surface area contributed by atoms with Gasteiger partial charge in [0.05, 0.1) is 0 Å². The van der Waals surface area contributed by atoms with Crippen molar-refractivity contribution in [2.75, 3.05) is 6.54 Å². The van der Waals surface area contributed by atoms with E-state index < -0.39 is 11.9 Å². The minimum absolute atomic E-state index is 0.417. The highest BCUT2D eigenvalue weighted by molar-refractivity contribution is 6.11. The van der Waals surface area contributed by atoms with Crippen LogP contribution in [0.1, 0.15) is 13.8 Å². The van der Waals surface area contributed by atoms with Crippen LogP contribution in [0, 0.1) is 0 Å². The van der Waals surface area contributed by atoms with Crippen molar-refractivity contribution < 1.29 is 14.3 Å². The zero-order valence-electron chi connectivity index (χ0n) is 7.79. The third-order valence-electron chi connectivity index (χ3n) is 1.53. The van der Waals surface area contributed by atoms with Gasteiger partial charge in [-0.1, -0.05) is 6.08 Å². The standard InChI is InChI=1S/C6H6O3.C3H7N/c1-3-4(2)6(8)9-5(3)7;1-2-3-4/h1-2H3;2H,1,3-4H2. The van der Waals surface area contributed by atoms with Gasteiger partial charge in [-0.05, 0) is 13.8 Å². The maximum atomic E-state index is 10.5. The Morgan fingerprint density at radius 2 is 1.62 bits per heavy atom. The Labute approximate surface area is 77.1 Å². The lowest BCUT2D eigenvalue weighted by Gasteiger charge is -1.84. The minimum atomic E-state index is -0.516. The van der Waals surface area contributed by atoms with Gasteiger partial charge in [-0.25, -0.2) is 9.59 Å². The largest absolute Gasteiger partial charge is 0.386 e. The summed E-state index contributed by atoms with van der Waals surface area (Å²) in [6.07, 6.45) is 1.65. The van der Waals surface area contributed by atoms with Gasteiger partial charge < -0.3 is 10.5 Å². The molecule has 72 valence electrons. The summed E-state index contributed by atoms with van der Waals surface area (Å²) < 4.78 is 4.23. The molecule has 0 atom stereocenters. The molecule has 0 bridgehead atoms. The summed E-state index contributed by atoms with van der Waals surface area (Å²) in [5.41, 5.74) is 5.74. The second-order valence-corrected chi connectivity index (χ2v) is 2.45. The highest BCUT2D eigenvalue weighted by atomic mass is 16.6.